The van der Waals surface area contributed by atoms with Gasteiger partial charge in [-0.1, -0.05) is 12.1 Å². The van der Waals surface area contributed by atoms with E-state index in [2.05, 4.69) is 18.2 Å². The molecule has 0 spiro atoms. The van der Waals surface area contributed by atoms with Gasteiger partial charge in [-0.15, -0.1) is 0 Å². The summed E-state index contributed by atoms with van der Waals surface area (Å²) in [5.41, 5.74) is 8.18. The van der Waals surface area contributed by atoms with Crippen molar-refractivity contribution in [3.8, 4) is 5.75 Å². The SMILES string of the molecule is COc1cc(CC[C@@H](C)N)ccc1C. The molecule has 0 bridgehead atoms. The lowest BCUT2D eigenvalue weighted by Crippen LogP contribution is -2.15. The molecule has 0 heterocycles. The van der Waals surface area contributed by atoms with Crippen molar-refractivity contribution >= 4 is 0 Å². The summed E-state index contributed by atoms with van der Waals surface area (Å²) in [4.78, 5) is 0. The van der Waals surface area contributed by atoms with Gasteiger partial charge in [0.1, 0.15) is 5.75 Å². The van der Waals surface area contributed by atoms with E-state index in [1.165, 1.54) is 11.1 Å². The third-order valence-electron chi connectivity index (χ3n) is 2.36. The van der Waals surface area contributed by atoms with Crippen molar-refractivity contribution in [2.75, 3.05) is 7.11 Å². The van der Waals surface area contributed by atoms with Gasteiger partial charge in [-0.3, -0.25) is 0 Å². The number of hydrogen-bond donors (Lipinski definition) is 1. The number of nitrogens with two attached hydrogens (primary N) is 1. The number of benzene rings is 1. The molecule has 1 atom stereocenters. The molecule has 78 valence electrons. The van der Waals surface area contributed by atoms with Crippen molar-refractivity contribution in [3.05, 3.63) is 29.3 Å². The van der Waals surface area contributed by atoms with Gasteiger partial charge in [-0.25, -0.2) is 0 Å². The minimum absolute atomic E-state index is 0.266. The van der Waals surface area contributed by atoms with E-state index in [4.69, 9.17) is 10.5 Å². The molecule has 2 N–H and O–H groups in total. The summed E-state index contributed by atoms with van der Waals surface area (Å²) in [6, 6.07) is 6.59. The Balaban J connectivity index is 2.69. The van der Waals surface area contributed by atoms with Crippen molar-refractivity contribution in [2.45, 2.75) is 32.7 Å². The van der Waals surface area contributed by atoms with Gasteiger partial charge in [0, 0.05) is 6.04 Å². The van der Waals surface area contributed by atoms with E-state index in [1.54, 1.807) is 7.11 Å². The molecular weight excluding hydrogens is 174 g/mol. The van der Waals surface area contributed by atoms with Crippen molar-refractivity contribution in [2.24, 2.45) is 5.73 Å². The first-order valence-corrected chi connectivity index (χ1v) is 5.02. The van der Waals surface area contributed by atoms with Crippen molar-refractivity contribution < 1.29 is 4.74 Å². The zero-order chi connectivity index (χ0) is 10.6. The van der Waals surface area contributed by atoms with Gasteiger partial charge in [0.15, 0.2) is 0 Å². The Bertz CT molecular complexity index is 294. The molecule has 0 saturated carbocycles. The van der Waals surface area contributed by atoms with Gasteiger partial charge in [0.25, 0.3) is 0 Å². The number of ether oxygens (including phenoxy) is 1. The molecule has 0 unspecified atom stereocenters. The van der Waals surface area contributed by atoms with E-state index in [1.807, 2.05) is 13.8 Å². The predicted molar refractivity (Wildman–Crippen MR) is 59.7 cm³/mol. The first-order valence-electron chi connectivity index (χ1n) is 5.02. The van der Waals surface area contributed by atoms with Crippen LogP contribution in [0.25, 0.3) is 0 Å². The van der Waals surface area contributed by atoms with E-state index in [0.29, 0.717) is 0 Å². The number of hydrogen-bond acceptors (Lipinski definition) is 2. The van der Waals surface area contributed by atoms with Crippen molar-refractivity contribution in [3.63, 3.8) is 0 Å². The molecule has 0 radical (unpaired) electrons. The van der Waals surface area contributed by atoms with E-state index in [0.717, 1.165) is 18.6 Å². The number of rotatable bonds is 4. The monoisotopic (exact) mass is 193 g/mol. The predicted octanol–water partition coefficient (Wildman–Crippen LogP) is 2.28. The average Bonchev–Trinajstić information content (AvgIpc) is 2.16. The highest BCUT2D eigenvalue weighted by Gasteiger charge is 2.01. The van der Waals surface area contributed by atoms with Crippen LogP contribution in [0.2, 0.25) is 0 Å². The average molecular weight is 193 g/mol. The highest BCUT2D eigenvalue weighted by Crippen LogP contribution is 2.19. The molecule has 14 heavy (non-hydrogen) atoms. The fourth-order valence-electron chi connectivity index (χ4n) is 1.41. The van der Waals surface area contributed by atoms with Crippen LogP contribution in [-0.2, 0) is 6.42 Å². The molecule has 0 saturated heterocycles. The van der Waals surface area contributed by atoms with E-state index >= 15 is 0 Å². The van der Waals surface area contributed by atoms with Crippen LogP contribution in [0.1, 0.15) is 24.5 Å². The van der Waals surface area contributed by atoms with E-state index in [-0.39, 0.29) is 6.04 Å². The van der Waals surface area contributed by atoms with Crippen molar-refractivity contribution in [1.82, 2.24) is 0 Å². The topological polar surface area (TPSA) is 35.2 Å². The van der Waals surface area contributed by atoms with Crippen LogP contribution in [0.4, 0.5) is 0 Å². The van der Waals surface area contributed by atoms with E-state index in [9.17, 15) is 0 Å². The van der Waals surface area contributed by atoms with Gasteiger partial charge in [0.05, 0.1) is 7.11 Å². The maximum absolute atomic E-state index is 5.71. The highest BCUT2D eigenvalue weighted by molar-refractivity contribution is 5.36. The molecular formula is C12H19NO. The van der Waals surface area contributed by atoms with Crippen LogP contribution in [0.15, 0.2) is 18.2 Å². The second kappa shape index (κ2) is 5.01. The van der Waals surface area contributed by atoms with Crippen LogP contribution in [0.3, 0.4) is 0 Å². The number of aryl methyl sites for hydroxylation is 2. The summed E-state index contributed by atoms with van der Waals surface area (Å²) in [7, 11) is 1.71. The fraction of sp³-hybridized carbons (Fsp3) is 0.500. The summed E-state index contributed by atoms with van der Waals surface area (Å²) in [5.74, 6) is 0.965. The second-order valence-corrected chi connectivity index (χ2v) is 3.82. The first kappa shape index (κ1) is 11.1. The Morgan fingerprint density at radius 3 is 2.71 bits per heavy atom. The first-order chi connectivity index (χ1) is 6.63. The molecule has 2 heteroatoms. The minimum atomic E-state index is 0.266. The lowest BCUT2D eigenvalue weighted by molar-refractivity contribution is 0.411. The van der Waals surface area contributed by atoms with Gasteiger partial charge in [-0.05, 0) is 43.9 Å². The molecule has 2 nitrogen and oxygen atoms in total. The van der Waals surface area contributed by atoms with Gasteiger partial charge < -0.3 is 10.5 Å². The molecule has 0 amide bonds. The van der Waals surface area contributed by atoms with Crippen LogP contribution < -0.4 is 10.5 Å². The molecule has 0 aliphatic carbocycles. The molecule has 0 aliphatic heterocycles. The lowest BCUT2D eigenvalue weighted by Gasteiger charge is -2.08. The maximum Gasteiger partial charge on any atom is 0.122 e. The Morgan fingerprint density at radius 1 is 1.43 bits per heavy atom. The quantitative estimate of drug-likeness (QED) is 0.796. The molecule has 1 rings (SSSR count). The normalized spacial score (nSPS) is 12.6. The molecule has 0 aromatic heterocycles. The standard InChI is InChI=1S/C12H19NO/c1-9-4-6-11(7-5-10(2)13)8-12(9)14-3/h4,6,8,10H,5,7,13H2,1-3H3/t10-/m1/s1. The van der Waals surface area contributed by atoms with Crippen LogP contribution in [-0.4, -0.2) is 13.2 Å². The van der Waals surface area contributed by atoms with Crippen molar-refractivity contribution in [1.29, 1.82) is 0 Å². The fourth-order valence-corrected chi connectivity index (χ4v) is 1.41. The maximum atomic E-state index is 5.71. The minimum Gasteiger partial charge on any atom is -0.496 e. The molecule has 0 aliphatic rings. The molecule has 1 aromatic rings. The zero-order valence-electron chi connectivity index (χ0n) is 9.21. The van der Waals surface area contributed by atoms with Crippen LogP contribution in [0, 0.1) is 6.92 Å². The summed E-state index contributed by atoms with van der Waals surface area (Å²) >= 11 is 0. The number of methoxy groups -OCH3 is 1. The van der Waals surface area contributed by atoms with Gasteiger partial charge in [-0.2, -0.15) is 0 Å². The Labute approximate surface area is 86.1 Å². The van der Waals surface area contributed by atoms with E-state index < -0.39 is 0 Å². The Hall–Kier alpha value is -1.02. The Kier molecular flexibility index (Phi) is 3.96. The van der Waals surface area contributed by atoms with Crippen LogP contribution in [0.5, 0.6) is 5.75 Å². The summed E-state index contributed by atoms with van der Waals surface area (Å²) < 4.78 is 5.26. The summed E-state index contributed by atoms with van der Waals surface area (Å²) in [6.07, 6.45) is 2.04. The lowest BCUT2D eigenvalue weighted by atomic mass is 10.0. The zero-order valence-corrected chi connectivity index (χ0v) is 9.21. The smallest absolute Gasteiger partial charge is 0.122 e. The third kappa shape index (κ3) is 3.04. The van der Waals surface area contributed by atoms with Gasteiger partial charge in [0.2, 0.25) is 0 Å². The molecule has 1 aromatic carbocycles. The highest BCUT2D eigenvalue weighted by atomic mass is 16.5. The largest absolute Gasteiger partial charge is 0.496 e. The summed E-state index contributed by atoms with van der Waals surface area (Å²) in [5, 5.41) is 0. The Morgan fingerprint density at radius 2 is 2.14 bits per heavy atom. The van der Waals surface area contributed by atoms with Gasteiger partial charge >= 0.3 is 0 Å². The summed E-state index contributed by atoms with van der Waals surface area (Å²) in [6.45, 7) is 4.08. The second-order valence-electron chi connectivity index (χ2n) is 3.82. The third-order valence-corrected chi connectivity index (χ3v) is 2.36. The van der Waals surface area contributed by atoms with Crippen LogP contribution >= 0.6 is 0 Å². The molecule has 0 fully saturated rings.